The van der Waals surface area contributed by atoms with Crippen molar-refractivity contribution in [2.24, 2.45) is 0 Å². The Bertz CT molecular complexity index is 934. The molecule has 0 saturated heterocycles. The summed E-state index contributed by atoms with van der Waals surface area (Å²) in [5.74, 6) is 2.69. The molecular formula is C21H22N4O3. The van der Waals surface area contributed by atoms with Crippen molar-refractivity contribution in [2.75, 3.05) is 44.1 Å². The molecule has 0 radical (unpaired) electrons. The minimum absolute atomic E-state index is 0.498. The molecule has 7 heteroatoms. The first-order chi connectivity index (χ1) is 13.8. The lowest BCUT2D eigenvalue weighted by Gasteiger charge is -2.19. The summed E-state index contributed by atoms with van der Waals surface area (Å²) in [6.45, 7) is 2.36. The number of nitrogens with zero attached hydrogens (tertiary/aromatic N) is 2. The van der Waals surface area contributed by atoms with Gasteiger partial charge in [0.05, 0.1) is 12.3 Å². The second-order valence-corrected chi connectivity index (χ2v) is 6.23. The monoisotopic (exact) mass is 378 g/mol. The smallest absolute Gasteiger partial charge is 0.229 e. The average molecular weight is 378 g/mol. The van der Waals surface area contributed by atoms with Gasteiger partial charge in [-0.05, 0) is 12.1 Å². The molecule has 2 N–H and O–H groups in total. The van der Waals surface area contributed by atoms with Gasteiger partial charge in [0.15, 0.2) is 11.5 Å². The van der Waals surface area contributed by atoms with Gasteiger partial charge in [0.25, 0.3) is 0 Å². The first-order valence-electron chi connectivity index (χ1n) is 9.16. The number of methoxy groups -OCH3 is 1. The Morgan fingerprint density at radius 2 is 1.79 bits per heavy atom. The topological polar surface area (TPSA) is 77.5 Å². The van der Waals surface area contributed by atoms with E-state index in [1.165, 1.54) is 0 Å². The summed E-state index contributed by atoms with van der Waals surface area (Å²) in [6, 6.07) is 17.6. The zero-order valence-corrected chi connectivity index (χ0v) is 15.6. The summed E-state index contributed by atoms with van der Waals surface area (Å²) in [5, 5.41) is 6.54. The van der Waals surface area contributed by atoms with Crippen LogP contribution >= 0.6 is 0 Å². The molecule has 1 aliphatic heterocycles. The van der Waals surface area contributed by atoms with Crippen LogP contribution in [-0.2, 0) is 4.74 Å². The van der Waals surface area contributed by atoms with Gasteiger partial charge in [-0.1, -0.05) is 30.3 Å². The third kappa shape index (κ3) is 4.32. The molecule has 1 aliphatic rings. The Labute approximate surface area is 163 Å². The lowest BCUT2D eigenvalue weighted by atomic mass is 10.1. The van der Waals surface area contributed by atoms with Gasteiger partial charge < -0.3 is 24.8 Å². The number of ether oxygens (including phenoxy) is 3. The number of benzene rings is 2. The molecule has 0 fully saturated rings. The maximum absolute atomic E-state index is 5.65. The molecule has 28 heavy (non-hydrogen) atoms. The fourth-order valence-corrected chi connectivity index (χ4v) is 2.88. The van der Waals surface area contributed by atoms with E-state index < -0.39 is 0 Å². The molecule has 144 valence electrons. The highest BCUT2D eigenvalue weighted by Crippen LogP contribution is 2.33. The second-order valence-electron chi connectivity index (χ2n) is 6.23. The molecule has 2 aromatic carbocycles. The normalized spacial score (nSPS) is 12.5. The molecular weight excluding hydrogens is 356 g/mol. The van der Waals surface area contributed by atoms with Crippen LogP contribution in [0.25, 0.3) is 11.3 Å². The minimum atomic E-state index is 0.498. The van der Waals surface area contributed by atoms with Crippen LogP contribution in [0.1, 0.15) is 0 Å². The summed E-state index contributed by atoms with van der Waals surface area (Å²) in [5.41, 5.74) is 2.68. The van der Waals surface area contributed by atoms with Crippen LogP contribution in [0, 0.1) is 0 Å². The first-order valence-corrected chi connectivity index (χ1v) is 9.16. The van der Waals surface area contributed by atoms with Crippen LogP contribution in [0.15, 0.2) is 54.6 Å². The van der Waals surface area contributed by atoms with E-state index in [1.54, 1.807) is 7.11 Å². The van der Waals surface area contributed by atoms with Crippen LogP contribution in [-0.4, -0.2) is 43.4 Å². The quantitative estimate of drug-likeness (QED) is 0.607. The van der Waals surface area contributed by atoms with Gasteiger partial charge in [0.1, 0.15) is 19.0 Å². The highest BCUT2D eigenvalue weighted by atomic mass is 16.6. The van der Waals surface area contributed by atoms with Crippen molar-refractivity contribution in [3.63, 3.8) is 0 Å². The van der Waals surface area contributed by atoms with Gasteiger partial charge in [-0.2, -0.15) is 4.98 Å². The predicted molar refractivity (Wildman–Crippen MR) is 109 cm³/mol. The molecule has 0 aliphatic carbocycles. The molecule has 0 unspecified atom stereocenters. The first kappa shape index (κ1) is 18.1. The maximum Gasteiger partial charge on any atom is 0.229 e. The second kappa shape index (κ2) is 8.58. The van der Waals surface area contributed by atoms with Crippen molar-refractivity contribution in [1.82, 2.24) is 9.97 Å². The van der Waals surface area contributed by atoms with Gasteiger partial charge >= 0.3 is 0 Å². The van der Waals surface area contributed by atoms with Gasteiger partial charge in [-0.15, -0.1) is 0 Å². The Hall–Kier alpha value is -3.32. The van der Waals surface area contributed by atoms with Crippen LogP contribution in [0.4, 0.5) is 17.5 Å². The zero-order valence-electron chi connectivity index (χ0n) is 15.6. The molecule has 0 atom stereocenters. The summed E-state index contributed by atoms with van der Waals surface area (Å²) < 4.78 is 16.3. The Morgan fingerprint density at radius 1 is 0.964 bits per heavy atom. The SMILES string of the molecule is COCCNc1cc(-c2ccccc2)nc(Nc2ccc3c(c2)OCCO3)n1. The number of fused-ring (bicyclic) bond motifs is 1. The van der Waals surface area contributed by atoms with Crippen molar-refractivity contribution in [3.8, 4) is 22.8 Å². The summed E-state index contributed by atoms with van der Waals surface area (Å²) in [7, 11) is 1.67. The third-order valence-corrected chi connectivity index (χ3v) is 4.21. The van der Waals surface area contributed by atoms with Crippen LogP contribution in [0.3, 0.4) is 0 Å². The maximum atomic E-state index is 5.65. The van der Waals surface area contributed by atoms with Gasteiger partial charge in [0, 0.05) is 37.0 Å². The van der Waals surface area contributed by atoms with E-state index in [0.717, 1.165) is 28.5 Å². The predicted octanol–water partition coefficient (Wildman–Crippen LogP) is 3.72. The fourth-order valence-electron chi connectivity index (χ4n) is 2.88. The molecule has 0 saturated carbocycles. The van der Waals surface area contributed by atoms with Crippen molar-refractivity contribution in [1.29, 1.82) is 0 Å². The van der Waals surface area contributed by atoms with E-state index in [2.05, 4.69) is 20.6 Å². The molecule has 0 bridgehead atoms. The molecule has 7 nitrogen and oxygen atoms in total. The lowest BCUT2D eigenvalue weighted by Crippen LogP contribution is -2.15. The van der Waals surface area contributed by atoms with E-state index in [-0.39, 0.29) is 0 Å². The highest BCUT2D eigenvalue weighted by Gasteiger charge is 2.13. The van der Waals surface area contributed by atoms with E-state index in [0.29, 0.717) is 38.1 Å². The van der Waals surface area contributed by atoms with E-state index in [4.69, 9.17) is 14.2 Å². The number of rotatable bonds is 7. The summed E-state index contributed by atoms with van der Waals surface area (Å²) >= 11 is 0. The zero-order chi connectivity index (χ0) is 19.2. The van der Waals surface area contributed by atoms with Gasteiger partial charge in [0.2, 0.25) is 5.95 Å². The minimum Gasteiger partial charge on any atom is -0.486 e. The van der Waals surface area contributed by atoms with E-state index in [9.17, 15) is 0 Å². The van der Waals surface area contributed by atoms with Crippen molar-refractivity contribution in [3.05, 3.63) is 54.6 Å². The molecule has 2 heterocycles. The molecule has 1 aromatic heterocycles. The summed E-state index contributed by atoms with van der Waals surface area (Å²) in [4.78, 5) is 9.25. The Balaban J connectivity index is 1.62. The Morgan fingerprint density at radius 3 is 2.61 bits per heavy atom. The number of nitrogens with one attached hydrogen (secondary N) is 2. The fraction of sp³-hybridized carbons (Fsp3) is 0.238. The van der Waals surface area contributed by atoms with Crippen molar-refractivity contribution < 1.29 is 14.2 Å². The summed E-state index contributed by atoms with van der Waals surface area (Å²) in [6.07, 6.45) is 0. The van der Waals surface area contributed by atoms with E-state index in [1.807, 2.05) is 54.6 Å². The Kier molecular flexibility index (Phi) is 5.53. The molecule has 4 rings (SSSR count). The number of hydrogen-bond donors (Lipinski definition) is 2. The number of aromatic nitrogens is 2. The third-order valence-electron chi connectivity index (χ3n) is 4.21. The molecule has 3 aromatic rings. The molecule has 0 amide bonds. The molecule has 0 spiro atoms. The average Bonchev–Trinajstić information content (AvgIpc) is 2.74. The van der Waals surface area contributed by atoms with Crippen LogP contribution < -0.4 is 20.1 Å². The number of anilines is 3. The van der Waals surface area contributed by atoms with Gasteiger partial charge in [-0.25, -0.2) is 4.98 Å². The lowest BCUT2D eigenvalue weighted by molar-refractivity contribution is 0.171. The standard InChI is InChI=1S/C21H22N4O3/c1-26-10-9-22-20-14-17(15-5-3-2-4-6-15)24-21(25-20)23-16-7-8-18-19(13-16)28-12-11-27-18/h2-8,13-14H,9-12H2,1H3,(H2,22,23,24,25). The number of hydrogen-bond acceptors (Lipinski definition) is 7. The largest absolute Gasteiger partial charge is 0.486 e. The van der Waals surface area contributed by atoms with Crippen LogP contribution in [0.2, 0.25) is 0 Å². The highest BCUT2D eigenvalue weighted by molar-refractivity contribution is 5.67. The van der Waals surface area contributed by atoms with E-state index >= 15 is 0 Å². The van der Waals surface area contributed by atoms with Crippen molar-refractivity contribution in [2.45, 2.75) is 0 Å². The van der Waals surface area contributed by atoms with Crippen LogP contribution in [0.5, 0.6) is 11.5 Å². The van der Waals surface area contributed by atoms with Crippen molar-refractivity contribution >= 4 is 17.5 Å². The van der Waals surface area contributed by atoms with Gasteiger partial charge in [-0.3, -0.25) is 0 Å².